The van der Waals surface area contributed by atoms with Gasteiger partial charge in [-0.15, -0.1) is 0 Å². The molecule has 2 unspecified atom stereocenters. The van der Waals surface area contributed by atoms with Crippen molar-refractivity contribution in [2.45, 2.75) is 32.2 Å². The van der Waals surface area contributed by atoms with E-state index in [1.54, 1.807) is 0 Å². The van der Waals surface area contributed by atoms with E-state index in [0.29, 0.717) is 5.92 Å². The summed E-state index contributed by atoms with van der Waals surface area (Å²) in [7, 11) is -1.82. The van der Waals surface area contributed by atoms with Crippen molar-refractivity contribution in [3.63, 3.8) is 0 Å². The van der Waals surface area contributed by atoms with Crippen LogP contribution in [0.4, 0.5) is 0 Å². The zero-order chi connectivity index (χ0) is 9.19. The molecular weight excluding hydrogens is 176 g/mol. The van der Waals surface area contributed by atoms with Gasteiger partial charge in [-0.05, 0) is 18.8 Å². The minimum absolute atomic E-state index is 0.127. The SMILES string of the molecule is CNS(=O)(=O)NC1CCCC1C. The van der Waals surface area contributed by atoms with Gasteiger partial charge in [-0.25, -0.2) is 4.72 Å². The molecule has 1 aliphatic rings. The molecule has 0 aromatic heterocycles. The Morgan fingerprint density at radius 3 is 2.42 bits per heavy atom. The summed E-state index contributed by atoms with van der Waals surface area (Å²) in [5, 5.41) is 0. The maximum Gasteiger partial charge on any atom is 0.276 e. The van der Waals surface area contributed by atoms with Crippen molar-refractivity contribution in [2.24, 2.45) is 5.92 Å². The lowest BCUT2D eigenvalue weighted by molar-refractivity contribution is 0.473. The molecule has 0 aromatic rings. The van der Waals surface area contributed by atoms with Gasteiger partial charge in [-0.3, -0.25) is 0 Å². The molecule has 0 spiro atoms. The lowest BCUT2D eigenvalue weighted by atomic mass is 10.1. The summed E-state index contributed by atoms with van der Waals surface area (Å²) in [4.78, 5) is 0. The molecule has 0 aromatic carbocycles. The number of hydrogen-bond acceptors (Lipinski definition) is 2. The van der Waals surface area contributed by atoms with Crippen molar-refractivity contribution in [1.29, 1.82) is 0 Å². The molecule has 4 nitrogen and oxygen atoms in total. The summed E-state index contributed by atoms with van der Waals surface area (Å²) in [6, 6.07) is 0.127. The number of rotatable bonds is 3. The van der Waals surface area contributed by atoms with Gasteiger partial charge < -0.3 is 0 Å². The van der Waals surface area contributed by atoms with Crippen LogP contribution in [0.2, 0.25) is 0 Å². The van der Waals surface area contributed by atoms with Gasteiger partial charge in [0.25, 0.3) is 10.2 Å². The van der Waals surface area contributed by atoms with Crippen molar-refractivity contribution in [1.82, 2.24) is 9.44 Å². The van der Waals surface area contributed by atoms with Gasteiger partial charge in [0.05, 0.1) is 0 Å². The van der Waals surface area contributed by atoms with E-state index in [-0.39, 0.29) is 6.04 Å². The van der Waals surface area contributed by atoms with E-state index in [0.717, 1.165) is 19.3 Å². The Morgan fingerprint density at radius 2 is 2.00 bits per heavy atom. The van der Waals surface area contributed by atoms with Gasteiger partial charge in [0, 0.05) is 13.1 Å². The predicted octanol–water partition coefficient (Wildman–Crippen LogP) is 0.229. The molecule has 0 heterocycles. The first-order chi connectivity index (χ1) is 5.55. The molecule has 1 rings (SSSR count). The predicted molar refractivity (Wildman–Crippen MR) is 47.9 cm³/mol. The minimum atomic E-state index is -3.24. The summed E-state index contributed by atoms with van der Waals surface area (Å²) < 4.78 is 27.0. The molecule has 0 saturated heterocycles. The largest absolute Gasteiger partial charge is 0.276 e. The Bertz CT molecular complexity index is 238. The van der Waals surface area contributed by atoms with Gasteiger partial charge in [0.15, 0.2) is 0 Å². The molecule has 2 N–H and O–H groups in total. The molecule has 5 heteroatoms. The molecule has 12 heavy (non-hydrogen) atoms. The third-order valence-electron chi connectivity index (χ3n) is 2.44. The second kappa shape index (κ2) is 3.72. The van der Waals surface area contributed by atoms with E-state index in [9.17, 15) is 8.42 Å². The van der Waals surface area contributed by atoms with Crippen LogP contribution < -0.4 is 9.44 Å². The molecule has 2 atom stereocenters. The van der Waals surface area contributed by atoms with Crippen LogP contribution in [-0.2, 0) is 10.2 Å². The van der Waals surface area contributed by atoms with Gasteiger partial charge in [0.1, 0.15) is 0 Å². The highest BCUT2D eigenvalue weighted by atomic mass is 32.2. The maximum absolute atomic E-state index is 11.1. The van der Waals surface area contributed by atoms with E-state index < -0.39 is 10.2 Å². The molecule has 1 saturated carbocycles. The van der Waals surface area contributed by atoms with Gasteiger partial charge in [-0.1, -0.05) is 13.3 Å². The van der Waals surface area contributed by atoms with Crippen LogP contribution in [0.3, 0.4) is 0 Å². The quantitative estimate of drug-likeness (QED) is 0.672. The Hall–Kier alpha value is -0.130. The summed E-state index contributed by atoms with van der Waals surface area (Å²) in [5.41, 5.74) is 0. The second-order valence-electron chi connectivity index (χ2n) is 3.34. The fraction of sp³-hybridized carbons (Fsp3) is 1.00. The third kappa shape index (κ3) is 2.43. The van der Waals surface area contributed by atoms with E-state index >= 15 is 0 Å². The fourth-order valence-corrected chi connectivity index (χ4v) is 2.45. The molecule has 72 valence electrons. The fourth-order valence-electron chi connectivity index (χ4n) is 1.58. The average Bonchev–Trinajstić information content (AvgIpc) is 2.36. The monoisotopic (exact) mass is 192 g/mol. The summed E-state index contributed by atoms with van der Waals surface area (Å²) in [6.45, 7) is 2.08. The summed E-state index contributed by atoms with van der Waals surface area (Å²) in [6.07, 6.45) is 3.21. The smallest absolute Gasteiger partial charge is 0.205 e. The zero-order valence-corrected chi connectivity index (χ0v) is 8.32. The van der Waals surface area contributed by atoms with Crippen molar-refractivity contribution in [2.75, 3.05) is 7.05 Å². The lowest BCUT2D eigenvalue weighted by Gasteiger charge is -2.16. The van der Waals surface area contributed by atoms with E-state index in [2.05, 4.69) is 16.4 Å². The first-order valence-corrected chi connectivity index (χ1v) is 5.74. The van der Waals surface area contributed by atoms with Gasteiger partial charge in [-0.2, -0.15) is 13.1 Å². The summed E-state index contributed by atoms with van der Waals surface area (Å²) >= 11 is 0. The zero-order valence-electron chi connectivity index (χ0n) is 7.50. The van der Waals surface area contributed by atoms with Crippen LogP contribution in [0.25, 0.3) is 0 Å². The average molecular weight is 192 g/mol. The Morgan fingerprint density at radius 1 is 1.33 bits per heavy atom. The first-order valence-electron chi connectivity index (χ1n) is 4.26. The Labute approximate surface area is 73.9 Å². The molecule has 0 bridgehead atoms. The normalized spacial score (nSPS) is 30.8. The van der Waals surface area contributed by atoms with E-state index in [4.69, 9.17) is 0 Å². The van der Waals surface area contributed by atoms with Crippen molar-refractivity contribution in [3.8, 4) is 0 Å². The summed E-state index contributed by atoms with van der Waals surface area (Å²) in [5.74, 6) is 0.466. The van der Waals surface area contributed by atoms with Crippen LogP contribution >= 0.6 is 0 Å². The molecular formula is C7H16N2O2S. The molecule has 1 fully saturated rings. The standard InChI is InChI=1S/C7H16N2O2S/c1-6-4-3-5-7(6)9-12(10,11)8-2/h6-9H,3-5H2,1-2H3. The molecule has 0 aliphatic heterocycles. The van der Waals surface area contributed by atoms with Crippen molar-refractivity contribution < 1.29 is 8.42 Å². The highest BCUT2D eigenvalue weighted by Crippen LogP contribution is 2.24. The van der Waals surface area contributed by atoms with Gasteiger partial charge >= 0.3 is 0 Å². The topological polar surface area (TPSA) is 58.2 Å². The maximum atomic E-state index is 11.1. The second-order valence-corrected chi connectivity index (χ2v) is 4.99. The van der Waals surface area contributed by atoms with E-state index in [1.165, 1.54) is 7.05 Å². The molecule has 0 amide bonds. The Balaban J connectivity index is 2.51. The number of hydrogen-bond donors (Lipinski definition) is 2. The first kappa shape index (κ1) is 9.95. The van der Waals surface area contributed by atoms with Crippen LogP contribution in [0, 0.1) is 5.92 Å². The van der Waals surface area contributed by atoms with Crippen LogP contribution in [0.1, 0.15) is 26.2 Å². The minimum Gasteiger partial charge on any atom is -0.205 e. The number of nitrogens with one attached hydrogen (secondary N) is 2. The Kier molecular flexibility index (Phi) is 3.09. The highest BCUT2D eigenvalue weighted by Gasteiger charge is 2.26. The van der Waals surface area contributed by atoms with Crippen molar-refractivity contribution in [3.05, 3.63) is 0 Å². The van der Waals surface area contributed by atoms with Crippen LogP contribution in [-0.4, -0.2) is 21.5 Å². The van der Waals surface area contributed by atoms with Crippen molar-refractivity contribution >= 4 is 10.2 Å². The van der Waals surface area contributed by atoms with Crippen LogP contribution in [0.5, 0.6) is 0 Å². The molecule has 0 radical (unpaired) electrons. The van der Waals surface area contributed by atoms with Gasteiger partial charge in [0.2, 0.25) is 0 Å². The van der Waals surface area contributed by atoms with E-state index in [1.807, 2.05) is 0 Å². The highest BCUT2D eigenvalue weighted by molar-refractivity contribution is 7.87. The molecule has 1 aliphatic carbocycles. The lowest BCUT2D eigenvalue weighted by Crippen LogP contribution is -2.42. The third-order valence-corrected chi connectivity index (χ3v) is 3.59. The van der Waals surface area contributed by atoms with Crippen LogP contribution in [0.15, 0.2) is 0 Å².